The van der Waals surface area contributed by atoms with Crippen molar-refractivity contribution in [1.82, 2.24) is 0 Å². The molecular weight excluding hydrogens is 881 g/mol. The van der Waals surface area contributed by atoms with Gasteiger partial charge in [-0.1, -0.05) is 310 Å². The van der Waals surface area contributed by atoms with Gasteiger partial charge in [0.05, 0.1) is 31.8 Å². The lowest BCUT2D eigenvalue weighted by atomic mass is 10.0. The third-order valence-electron chi connectivity index (χ3n) is 14.6. The van der Waals surface area contributed by atoms with E-state index in [9.17, 15) is 9.59 Å². The minimum absolute atomic E-state index is 0.184. The molecule has 1 N–H and O–H groups in total. The molecule has 416 valence electrons. The van der Waals surface area contributed by atoms with Crippen LogP contribution in [0.15, 0.2) is 12.1 Å². The molecule has 0 saturated heterocycles. The Morgan fingerprint density at radius 3 is 0.789 bits per heavy atom. The highest BCUT2D eigenvalue weighted by Crippen LogP contribution is 2.40. The van der Waals surface area contributed by atoms with E-state index in [1.165, 1.54) is 270 Å². The molecule has 0 aliphatic carbocycles. The number of esters is 1. The van der Waals surface area contributed by atoms with Gasteiger partial charge in [0.1, 0.15) is 6.61 Å². The first-order valence-corrected chi connectivity index (χ1v) is 31.5. The molecule has 0 aliphatic heterocycles. The van der Waals surface area contributed by atoms with Crippen LogP contribution in [0.4, 0.5) is 0 Å². The first kappa shape index (κ1) is 66.6. The molecule has 0 saturated carbocycles. The standard InChI is InChI=1S/C64H118O7/c1-4-7-10-13-16-19-22-25-28-31-34-37-40-43-46-49-53-68-60-57-59(64(67)71-56-52-62(65)66)58-61(69-54-50-47-44-41-38-35-32-29-26-23-20-17-14-11-8-5-2)63(60)70-55-51-48-45-42-39-36-33-30-27-24-21-18-15-12-9-6-3/h57-58H,4-56H2,1-3H3,(H,65,66). The summed E-state index contributed by atoms with van der Waals surface area (Å²) in [5.74, 6) is 0.0201. The maximum absolute atomic E-state index is 13.3. The highest BCUT2D eigenvalue weighted by molar-refractivity contribution is 5.91. The second-order valence-corrected chi connectivity index (χ2v) is 21.5. The normalized spacial score (nSPS) is 11.4. The molecule has 0 amide bonds. The van der Waals surface area contributed by atoms with Crippen molar-refractivity contribution >= 4 is 11.9 Å². The second-order valence-electron chi connectivity index (χ2n) is 21.5. The molecule has 1 aromatic rings. The van der Waals surface area contributed by atoms with Gasteiger partial charge in [-0.15, -0.1) is 0 Å². The van der Waals surface area contributed by atoms with E-state index in [-0.39, 0.29) is 13.0 Å². The molecule has 0 heterocycles. The largest absolute Gasteiger partial charge is 0.490 e. The summed E-state index contributed by atoms with van der Waals surface area (Å²) in [6.07, 6.45) is 63.0. The number of hydrogen-bond donors (Lipinski definition) is 1. The SMILES string of the molecule is CCCCCCCCCCCCCCCCCCOc1cc(C(=O)OCCC(=O)O)cc(OCCCCCCCCCCCCCCCCCC)c1OCCCCCCCCCCCCCCCCCC. The summed E-state index contributed by atoms with van der Waals surface area (Å²) >= 11 is 0. The Hall–Kier alpha value is -2.44. The summed E-state index contributed by atoms with van der Waals surface area (Å²) in [7, 11) is 0. The molecule has 0 aromatic heterocycles. The van der Waals surface area contributed by atoms with Crippen molar-refractivity contribution < 1.29 is 33.6 Å². The van der Waals surface area contributed by atoms with E-state index in [0.29, 0.717) is 42.6 Å². The van der Waals surface area contributed by atoms with Gasteiger partial charge in [-0.25, -0.2) is 4.79 Å². The molecule has 0 fully saturated rings. The zero-order chi connectivity index (χ0) is 51.2. The van der Waals surface area contributed by atoms with Crippen molar-refractivity contribution in [2.24, 2.45) is 0 Å². The van der Waals surface area contributed by atoms with Gasteiger partial charge in [0.2, 0.25) is 5.75 Å². The Kier molecular flexibility index (Phi) is 50.5. The predicted molar refractivity (Wildman–Crippen MR) is 304 cm³/mol. The number of carboxylic acids is 1. The summed E-state index contributed by atoms with van der Waals surface area (Å²) in [6.45, 7) is 8.30. The fraction of sp³-hybridized carbons (Fsp3) is 0.875. The molecule has 1 aromatic carbocycles. The fourth-order valence-corrected chi connectivity index (χ4v) is 9.85. The monoisotopic (exact) mass is 999 g/mol. The van der Waals surface area contributed by atoms with E-state index >= 15 is 0 Å². The lowest BCUT2D eigenvalue weighted by Crippen LogP contribution is -2.12. The molecule has 7 nitrogen and oxygen atoms in total. The number of ether oxygens (including phenoxy) is 4. The highest BCUT2D eigenvalue weighted by atomic mass is 16.5. The van der Waals surface area contributed by atoms with Gasteiger partial charge in [-0.05, 0) is 31.4 Å². The molecule has 0 spiro atoms. The van der Waals surface area contributed by atoms with Crippen LogP contribution in [-0.4, -0.2) is 43.5 Å². The van der Waals surface area contributed by atoms with E-state index in [2.05, 4.69) is 20.8 Å². The van der Waals surface area contributed by atoms with Crippen molar-refractivity contribution in [2.45, 2.75) is 335 Å². The lowest BCUT2D eigenvalue weighted by Gasteiger charge is -2.19. The number of unbranched alkanes of at least 4 members (excludes halogenated alkanes) is 45. The molecule has 0 atom stereocenters. The van der Waals surface area contributed by atoms with Crippen LogP contribution in [0.1, 0.15) is 346 Å². The van der Waals surface area contributed by atoms with Gasteiger partial charge in [0.15, 0.2) is 11.5 Å². The number of hydrogen-bond acceptors (Lipinski definition) is 6. The van der Waals surface area contributed by atoms with Gasteiger partial charge in [-0.2, -0.15) is 0 Å². The van der Waals surface area contributed by atoms with Crippen LogP contribution in [0.2, 0.25) is 0 Å². The topological polar surface area (TPSA) is 91.3 Å². The zero-order valence-corrected chi connectivity index (χ0v) is 47.5. The van der Waals surface area contributed by atoms with Crippen LogP contribution in [-0.2, 0) is 9.53 Å². The lowest BCUT2D eigenvalue weighted by molar-refractivity contribution is -0.137. The number of carbonyl (C=O) groups excluding carboxylic acids is 1. The fourth-order valence-electron chi connectivity index (χ4n) is 9.85. The van der Waals surface area contributed by atoms with Gasteiger partial charge >= 0.3 is 11.9 Å². The van der Waals surface area contributed by atoms with Crippen molar-refractivity contribution in [3.63, 3.8) is 0 Å². The van der Waals surface area contributed by atoms with Crippen molar-refractivity contribution in [3.05, 3.63) is 17.7 Å². The Morgan fingerprint density at radius 1 is 0.324 bits per heavy atom. The number of carbonyl (C=O) groups is 2. The summed E-state index contributed by atoms with van der Waals surface area (Å²) < 4.78 is 24.8. The van der Waals surface area contributed by atoms with Gasteiger partial charge in [-0.3, -0.25) is 4.79 Å². The minimum atomic E-state index is -0.999. The van der Waals surface area contributed by atoms with Crippen LogP contribution in [0.3, 0.4) is 0 Å². The molecule has 71 heavy (non-hydrogen) atoms. The van der Waals surface area contributed by atoms with Crippen LogP contribution in [0.25, 0.3) is 0 Å². The maximum atomic E-state index is 13.3. The molecule has 0 bridgehead atoms. The quantitative estimate of drug-likeness (QED) is 0.0513. The van der Waals surface area contributed by atoms with Crippen molar-refractivity contribution in [1.29, 1.82) is 0 Å². The highest BCUT2D eigenvalue weighted by Gasteiger charge is 2.20. The third kappa shape index (κ3) is 44.7. The van der Waals surface area contributed by atoms with Crippen molar-refractivity contribution in [2.75, 3.05) is 26.4 Å². The number of benzene rings is 1. The van der Waals surface area contributed by atoms with Crippen LogP contribution < -0.4 is 14.2 Å². The smallest absolute Gasteiger partial charge is 0.338 e. The van der Waals surface area contributed by atoms with E-state index < -0.39 is 11.9 Å². The average molecular weight is 1000 g/mol. The molecule has 0 unspecified atom stereocenters. The predicted octanol–water partition coefficient (Wildman–Crippen LogP) is 21.2. The van der Waals surface area contributed by atoms with Crippen LogP contribution in [0, 0.1) is 0 Å². The second kappa shape index (κ2) is 53.8. The molecule has 0 radical (unpaired) electrons. The van der Waals surface area contributed by atoms with Gasteiger partial charge in [0.25, 0.3) is 0 Å². The summed E-state index contributed by atoms with van der Waals surface area (Å²) in [4.78, 5) is 24.5. The molecule has 7 heteroatoms. The average Bonchev–Trinajstić information content (AvgIpc) is 3.36. The number of aliphatic carboxylic acids is 1. The number of carboxylic acid groups (broad SMARTS) is 1. The Bertz CT molecular complexity index is 1220. The third-order valence-corrected chi connectivity index (χ3v) is 14.6. The number of rotatable bonds is 58. The molecule has 0 aliphatic rings. The van der Waals surface area contributed by atoms with E-state index in [1.807, 2.05) is 0 Å². The first-order chi connectivity index (χ1) is 35.0. The molecular formula is C64H118O7. The minimum Gasteiger partial charge on any atom is -0.490 e. The van der Waals surface area contributed by atoms with Gasteiger partial charge in [0, 0.05) is 0 Å². The van der Waals surface area contributed by atoms with Crippen LogP contribution >= 0.6 is 0 Å². The van der Waals surface area contributed by atoms with Crippen LogP contribution in [0.5, 0.6) is 17.2 Å². The Labute approximate surface area is 440 Å². The zero-order valence-electron chi connectivity index (χ0n) is 47.5. The Balaban J connectivity index is 2.67. The molecule has 1 rings (SSSR count). The van der Waals surface area contributed by atoms with E-state index in [0.717, 1.165) is 38.5 Å². The maximum Gasteiger partial charge on any atom is 0.338 e. The van der Waals surface area contributed by atoms with Crippen molar-refractivity contribution in [3.8, 4) is 17.2 Å². The van der Waals surface area contributed by atoms with E-state index in [4.69, 9.17) is 24.1 Å². The Morgan fingerprint density at radius 2 is 0.549 bits per heavy atom. The summed E-state index contributed by atoms with van der Waals surface area (Å²) in [5.41, 5.74) is 0.300. The summed E-state index contributed by atoms with van der Waals surface area (Å²) in [5, 5.41) is 9.17. The summed E-state index contributed by atoms with van der Waals surface area (Å²) in [6, 6.07) is 3.42. The van der Waals surface area contributed by atoms with E-state index in [1.54, 1.807) is 12.1 Å². The first-order valence-electron chi connectivity index (χ1n) is 31.5. The van der Waals surface area contributed by atoms with Gasteiger partial charge < -0.3 is 24.1 Å².